The monoisotopic (exact) mass is 281 g/mol. The maximum absolute atomic E-state index is 12.6. The second-order valence-corrected chi connectivity index (χ2v) is 8.29. The Morgan fingerprint density at radius 3 is 2.16 bits per heavy atom. The average Bonchev–Trinajstić information content (AvgIpc) is 2.20. The summed E-state index contributed by atoms with van der Waals surface area (Å²) in [4.78, 5) is 12.6. The summed E-state index contributed by atoms with van der Waals surface area (Å²) in [6, 6.07) is 0. The van der Waals surface area contributed by atoms with Crippen LogP contribution in [-0.4, -0.2) is 11.0 Å². The summed E-state index contributed by atoms with van der Waals surface area (Å²) >= 11 is 4.75. The Morgan fingerprint density at radius 1 is 1.11 bits per heavy atom. The summed E-state index contributed by atoms with van der Waals surface area (Å²) < 4.78 is 0. The fourth-order valence-corrected chi connectivity index (χ4v) is 6.00. The standard InChI is InChI=1S/C14H23N3OS/c1-12-3-9-4-13(2,6-12)8-14(5-9,7-12)10(18)16-17-11(15)19/h9H,3-8H2,1-2H3,(H,16,18)(H3,15,17,19). The number of hydrogen-bond donors (Lipinski definition) is 3. The average molecular weight is 281 g/mol. The van der Waals surface area contributed by atoms with Gasteiger partial charge in [0, 0.05) is 0 Å². The SMILES string of the molecule is CC12CC3CC(C)(C1)CC(C(=O)NNC(N)=S)(C3)C2. The molecule has 4 saturated carbocycles. The van der Waals surface area contributed by atoms with Crippen molar-refractivity contribution in [2.24, 2.45) is 27.9 Å². The molecule has 0 aromatic heterocycles. The van der Waals surface area contributed by atoms with Gasteiger partial charge >= 0.3 is 0 Å². The van der Waals surface area contributed by atoms with Gasteiger partial charge in [0.1, 0.15) is 0 Å². The van der Waals surface area contributed by atoms with E-state index in [2.05, 4.69) is 24.7 Å². The van der Waals surface area contributed by atoms with Gasteiger partial charge in [-0.25, -0.2) is 0 Å². The lowest BCUT2D eigenvalue weighted by Gasteiger charge is -2.64. The van der Waals surface area contributed by atoms with E-state index in [1.165, 1.54) is 19.3 Å². The Labute approximate surface area is 119 Å². The quantitative estimate of drug-likeness (QED) is 0.507. The van der Waals surface area contributed by atoms with Crippen molar-refractivity contribution in [2.45, 2.75) is 52.4 Å². The van der Waals surface area contributed by atoms with Crippen molar-refractivity contribution in [1.29, 1.82) is 0 Å². The number of thiocarbonyl (C=S) groups is 1. The van der Waals surface area contributed by atoms with E-state index in [0.717, 1.165) is 19.3 Å². The van der Waals surface area contributed by atoms with Crippen LogP contribution in [0.3, 0.4) is 0 Å². The molecule has 4 bridgehead atoms. The molecule has 1 amide bonds. The number of hydrogen-bond acceptors (Lipinski definition) is 2. The van der Waals surface area contributed by atoms with Crippen molar-refractivity contribution >= 4 is 23.2 Å². The van der Waals surface area contributed by atoms with Gasteiger partial charge < -0.3 is 5.73 Å². The molecule has 4 aliphatic carbocycles. The lowest BCUT2D eigenvalue weighted by molar-refractivity contribution is -0.170. The molecule has 0 aliphatic heterocycles. The number of nitrogens with one attached hydrogen (secondary N) is 2. The number of hydrazine groups is 1. The lowest BCUT2D eigenvalue weighted by atomic mass is 9.40. The van der Waals surface area contributed by atoms with Gasteiger partial charge in [-0.2, -0.15) is 0 Å². The van der Waals surface area contributed by atoms with Gasteiger partial charge in [-0.05, 0) is 67.5 Å². The molecular weight excluding hydrogens is 258 g/mol. The molecule has 0 aromatic carbocycles. The zero-order valence-electron chi connectivity index (χ0n) is 11.7. The van der Waals surface area contributed by atoms with Crippen molar-refractivity contribution in [3.05, 3.63) is 0 Å². The molecule has 2 atom stereocenters. The van der Waals surface area contributed by atoms with E-state index >= 15 is 0 Å². The highest BCUT2D eigenvalue weighted by Crippen LogP contribution is 2.69. The van der Waals surface area contributed by atoms with E-state index < -0.39 is 0 Å². The molecule has 0 saturated heterocycles. The van der Waals surface area contributed by atoms with Crippen molar-refractivity contribution in [3.63, 3.8) is 0 Å². The Morgan fingerprint density at radius 2 is 1.68 bits per heavy atom. The molecule has 5 heteroatoms. The van der Waals surface area contributed by atoms with Crippen molar-refractivity contribution in [1.82, 2.24) is 10.9 Å². The van der Waals surface area contributed by atoms with Crippen LogP contribution < -0.4 is 16.6 Å². The predicted octanol–water partition coefficient (Wildman–Crippen LogP) is 1.85. The zero-order chi connectivity index (χ0) is 13.9. The highest BCUT2D eigenvalue weighted by molar-refractivity contribution is 7.80. The van der Waals surface area contributed by atoms with Crippen LogP contribution in [0.4, 0.5) is 0 Å². The van der Waals surface area contributed by atoms with E-state index in [4.69, 9.17) is 18.0 Å². The van der Waals surface area contributed by atoms with Gasteiger partial charge in [-0.1, -0.05) is 13.8 Å². The first-order chi connectivity index (χ1) is 8.74. The zero-order valence-corrected chi connectivity index (χ0v) is 12.5. The van der Waals surface area contributed by atoms with E-state index in [1.54, 1.807) is 0 Å². The summed E-state index contributed by atoms with van der Waals surface area (Å²) in [6.07, 6.45) is 6.91. The van der Waals surface area contributed by atoms with Crippen LogP contribution in [0.2, 0.25) is 0 Å². The van der Waals surface area contributed by atoms with Gasteiger partial charge in [0.25, 0.3) is 0 Å². The number of carbonyl (C=O) groups is 1. The minimum atomic E-state index is -0.208. The van der Waals surface area contributed by atoms with E-state index in [0.29, 0.717) is 16.7 Å². The third kappa shape index (κ3) is 2.12. The Bertz CT molecular complexity index is 432. The smallest absolute Gasteiger partial charge is 0.244 e. The van der Waals surface area contributed by atoms with Gasteiger partial charge in [0.2, 0.25) is 5.91 Å². The molecule has 4 aliphatic rings. The molecule has 4 N–H and O–H groups in total. The number of amides is 1. The second-order valence-electron chi connectivity index (χ2n) is 7.85. The number of nitrogens with two attached hydrogens (primary N) is 1. The molecule has 4 fully saturated rings. The summed E-state index contributed by atoms with van der Waals surface area (Å²) in [5.41, 5.74) is 11.2. The van der Waals surface area contributed by atoms with E-state index in [-0.39, 0.29) is 16.4 Å². The first-order valence-corrected chi connectivity index (χ1v) is 7.51. The summed E-state index contributed by atoms with van der Waals surface area (Å²) in [5, 5.41) is 0.121. The predicted molar refractivity (Wildman–Crippen MR) is 77.9 cm³/mol. The van der Waals surface area contributed by atoms with Gasteiger partial charge in [0.15, 0.2) is 5.11 Å². The lowest BCUT2D eigenvalue weighted by Crippen LogP contribution is -2.61. The summed E-state index contributed by atoms with van der Waals surface area (Å²) in [7, 11) is 0. The largest absolute Gasteiger partial charge is 0.375 e. The topological polar surface area (TPSA) is 67.2 Å². The molecule has 4 rings (SSSR count). The molecule has 4 nitrogen and oxygen atoms in total. The number of rotatable bonds is 1. The first-order valence-electron chi connectivity index (χ1n) is 7.10. The second kappa shape index (κ2) is 3.84. The third-order valence-electron chi connectivity index (χ3n) is 5.41. The molecule has 19 heavy (non-hydrogen) atoms. The highest BCUT2D eigenvalue weighted by atomic mass is 32.1. The molecular formula is C14H23N3OS. The molecule has 0 aromatic rings. The van der Waals surface area contributed by atoms with Crippen LogP contribution in [0, 0.1) is 22.2 Å². The molecule has 0 radical (unpaired) electrons. The fourth-order valence-electron chi connectivity index (χ4n) is 5.95. The van der Waals surface area contributed by atoms with Crippen LogP contribution in [0.5, 0.6) is 0 Å². The van der Waals surface area contributed by atoms with Crippen LogP contribution in [0.25, 0.3) is 0 Å². The molecule has 0 spiro atoms. The molecule has 106 valence electrons. The number of carbonyl (C=O) groups excluding carboxylic acids is 1. The first kappa shape index (κ1) is 13.2. The van der Waals surface area contributed by atoms with Gasteiger partial charge in [-0.3, -0.25) is 15.6 Å². The van der Waals surface area contributed by atoms with Crippen LogP contribution >= 0.6 is 12.2 Å². The minimum absolute atomic E-state index is 0.0850. The molecule has 2 unspecified atom stereocenters. The van der Waals surface area contributed by atoms with E-state index in [1.807, 2.05) is 0 Å². The normalized spacial score (nSPS) is 46.9. The van der Waals surface area contributed by atoms with Crippen LogP contribution in [-0.2, 0) is 4.79 Å². The van der Waals surface area contributed by atoms with Crippen LogP contribution in [0.1, 0.15) is 52.4 Å². The minimum Gasteiger partial charge on any atom is -0.375 e. The molecule has 0 heterocycles. The van der Waals surface area contributed by atoms with Gasteiger partial charge in [-0.15, -0.1) is 0 Å². The Balaban J connectivity index is 1.84. The van der Waals surface area contributed by atoms with Crippen molar-refractivity contribution < 1.29 is 4.79 Å². The van der Waals surface area contributed by atoms with Crippen molar-refractivity contribution in [3.8, 4) is 0 Å². The summed E-state index contributed by atoms with van der Waals surface area (Å²) in [6.45, 7) is 4.72. The summed E-state index contributed by atoms with van der Waals surface area (Å²) in [5.74, 6) is 0.795. The van der Waals surface area contributed by atoms with Crippen molar-refractivity contribution in [2.75, 3.05) is 0 Å². The van der Waals surface area contributed by atoms with Crippen LogP contribution in [0.15, 0.2) is 0 Å². The highest BCUT2D eigenvalue weighted by Gasteiger charge is 2.62. The van der Waals surface area contributed by atoms with E-state index in [9.17, 15) is 4.79 Å². The Kier molecular flexibility index (Phi) is 2.66. The van der Waals surface area contributed by atoms with Gasteiger partial charge in [0.05, 0.1) is 5.41 Å². The maximum atomic E-state index is 12.6. The fraction of sp³-hybridized carbons (Fsp3) is 0.857. The maximum Gasteiger partial charge on any atom is 0.244 e. The third-order valence-corrected chi connectivity index (χ3v) is 5.51. The Hall–Kier alpha value is -0.840.